The summed E-state index contributed by atoms with van der Waals surface area (Å²) in [6.45, 7) is 0.161. The second-order valence-corrected chi connectivity index (χ2v) is 4.18. The highest BCUT2D eigenvalue weighted by molar-refractivity contribution is 5.77. The number of nitrogens with zero attached hydrogens (tertiary/aromatic N) is 4. The minimum Gasteiger partial charge on any atom is -0.308 e. The van der Waals surface area contributed by atoms with Crippen LogP contribution in [0, 0.1) is 10.1 Å². The standard InChI is InChI=1S/C12H9N5O3/c18-12-9-3-1-2-4-10(9)14-11(15-12)7-16-6-8(5-13-16)17(19)20/h1-6H,7H2,(H,14,15,18). The van der Waals surface area contributed by atoms with Crippen LogP contribution < -0.4 is 5.56 Å². The number of para-hydroxylation sites is 1. The molecular weight excluding hydrogens is 262 g/mol. The predicted octanol–water partition coefficient (Wildman–Crippen LogP) is 1.08. The fourth-order valence-electron chi connectivity index (χ4n) is 1.90. The summed E-state index contributed by atoms with van der Waals surface area (Å²) >= 11 is 0. The Bertz CT molecular complexity index is 851. The van der Waals surface area contributed by atoms with Gasteiger partial charge in [0.15, 0.2) is 0 Å². The lowest BCUT2D eigenvalue weighted by molar-refractivity contribution is -0.385. The first-order valence-corrected chi connectivity index (χ1v) is 5.78. The lowest BCUT2D eigenvalue weighted by Gasteiger charge is -2.02. The van der Waals surface area contributed by atoms with E-state index in [0.29, 0.717) is 16.7 Å². The number of rotatable bonds is 3. The molecule has 3 aromatic rings. The third kappa shape index (κ3) is 2.14. The Morgan fingerprint density at radius 2 is 2.15 bits per heavy atom. The molecule has 0 aliphatic rings. The zero-order valence-electron chi connectivity index (χ0n) is 10.2. The first kappa shape index (κ1) is 12.0. The van der Waals surface area contributed by atoms with Crippen LogP contribution in [0.15, 0.2) is 41.5 Å². The van der Waals surface area contributed by atoms with Gasteiger partial charge in [0, 0.05) is 0 Å². The number of aromatic amines is 1. The monoisotopic (exact) mass is 271 g/mol. The Morgan fingerprint density at radius 3 is 2.90 bits per heavy atom. The van der Waals surface area contributed by atoms with Crippen molar-refractivity contribution >= 4 is 16.6 Å². The van der Waals surface area contributed by atoms with E-state index in [0.717, 1.165) is 6.20 Å². The summed E-state index contributed by atoms with van der Waals surface area (Å²) in [7, 11) is 0. The number of benzene rings is 1. The Balaban J connectivity index is 1.98. The summed E-state index contributed by atoms with van der Waals surface area (Å²) in [4.78, 5) is 28.9. The quantitative estimate of drug-likeness (QED) is 0.566. The molecule has 0 unspecified atom stereocenters. The molecule has 0 bridgehead atoms. The molecule has 2 heterocycles. The maximum atomic E-state index is 11.9. The largest absolute Gasteiger partial charge is 0.308 e. The van der Waals surface area contributed by atoms with Gasteiger partial charge in [-0.1, -0.05) is 12.1 Å². The summed E-state index contributed by atoms with van der Waals surface area (Å²) in [5.74, 6) is 0.395. The average molecular weight is 271 g/mol. The number of hydrogen-bond donors (Lipinski definition) is 1. The molecule has 20 heavy (non-hydrogen) atoms. The van der Waals surface area contributed by atoms with Crippen molar-refractivity contribution in [1.82, 2.24) is 19.7 Å². The smallest absolute Gasteiger partial charge is 0.307 e. The van der Waals surface area contributed by atoms with E-state index >= 15 is 0 Å². The van der Waals surface area contributed by atoms with E-state index in [-0.39, 0.29) is 17.8 Å². The molecule has 8 nitrogen and oxygen atoms in total. The van der Waals surface area contributed by atoms with Gasteiger partial charge < -0.3 is 4.98 Å². The van der Waals surface area contributed by atoms with Crippen molar-refractivity contribution in [2.45, 2.75) is 6.54 Å². The van der Waals surface area contributed by atoms with Crippen molar-refractivity contribution in [3.8, 4) is 0 Å². The first-order chi connectivity index (χ1) is 9.63. The van der Waals surface area contributed by atoms with Crippen LogP contribution in [-0.4, -0.2) is 24.7 Å². The Kier molecular flexibility index (Phi) is 2.75. The molecule has 0 radical (unpaired) electrons. The van der Waals surface area contributed by atoms with Gasteiger partial charge in [0.1, 0.15) is 18.2 Å². The number of nitro groups is 1. The van der Waals surface area contributed by atoms with Crippen LogP contribution in [0.4, 0.5) is 5.69 Å². The minimum atomic E-state index is -0.528. The highest BCUT2D eigenvalue weighted by atomic mass is 16.6. The number of H-pyrrole nitrogens is 1. The average Bonchev–Trinajstić information content (AvgIpc) is 2.87. The van der Waals surface area contributed by atoms with E-state index in [9.17, 15) is 14.9 Å². The molecule has 1 aromatic carbocycles. The molecule has 8 heteroatoms. The van der Waals surface area contributed by atoms with Gasteiger partial charge in [0.25, 0.3) is 5.56 Å². The molecule has 0 fully saturated rings. The topological polar surface area (TPSA) is 107 Å². The number of hydrogen-bond acceptors (Lipinski definition) is 5. The molecule has 0 saturated heterocycles. The third-order valence-electron chi connectivity index (χ3n) is 2.80. The molecule has 0 saturated carbocycles. The molecule has 0 aliphatic heterocycles. The van der Waals surface area contributed by atoms with Gasteiger partial charge in [0.2, 0.25) is 0 Å². The first-order valence-electron chi connectivity index (χ1n) is 5.78. The minimum absolute atomic E-state index is 0.104. The highest BCUT2D eigenvalue weighted by Gasteiger charge is 2.10. The van der Waals surface area contributed by atoms with Gasteiger partial charge >= 0.3 is 5.69 Å². The van der Waals surface area contributed by atoms with E-state index in [1.54, 1.807) is 24.3 Å². The second-order valence-electron chi connectivity index (χ2n) is 4.18. The van der Waals surface area contributed by atoms with Gasteiger partial charge in [0.05, 0.1) is 22.4 Å². The Labute approximate surface area is 111 Å². The van der Waals surface area contributed by atoms with Gasteiger partial charge in [-0.25, -0.2) is 4.98 Å². The zero-order valence-corrected chi connectivity index (χ0v) is 10.2. The van der Waals surface area contributed by atoms with Crippen molar-refractivity contribution in [3.05, 3.63) is 63.0 Å². The van der Waals surface area contributed by atoms with Crippen LogP contribution >= 0.6 is 0 Å². The number of aromatic nitrogens is 4. The van der Waals surface area contributed by atoms with Crippen LogP contribution in [0.2, 0.25) is 0 Å². The van der Waals surface area contributed by atoms with Gasteiger partial charge in [-0.3, -0.25) is 19.6 Å². The molecule has 0 aliphatic carbocycles. The summed E-state index contributed by atoms with van der Waals surface area (Å²) in [6, 6.07) is 6.97. The van der Waals surface area contributed by atoms with Crippen LogP contribution in [0.1, 0.15) is 5.82 Å². The normalized spacial score (nSPS) is 10.8. The van der Waals surface area contributed by atoms with Crippen molar-refractivity contribution < 1.29 is 4.92 Å². The van der Waals surface area contributed by atoms with Crippen LogP contribution in [0.25, 0.3) is 10.9 Å². The van der Waals surface area contributed by atoms with Gasteiger partial charge in [-0.2, -0.15) is 5.10 Å². The van der Waals surface area contributed by atoms with E-state index < -0.39 is 4.92 Å². The fraction of sp³-hybridized carbons (Fsp3) is 0.0833. The van der Waals surface area contributed by atoms with E-state index in [4.69, 9.17) is 0 Å². The Morgan fingerprint density at radius 1 is 1.35 bits per heavy atom. The van der Waals surface area contributed by atoms with E-state index in [2.05, 4.69) is 15.1 Å². The summed E-state index contributed by atoms with van der Waals surface area (Å²) in [6.07, 6.45) is 2.44. The number of nitrogens with one attached hydrogen (secondary N) is 1. The third-order valence-corrected chi connectivity index (χ3v) is 2.80. The van der Waals surface area contributed by atoms with Crippen molar-refractivity contribution in [1.29, 1.82) is 0 Å². The Hall–Kier alpha value is -3.03. The molecule has 0 atom stereocenters. The SMILES string of the molecule is O=c1[nH]c(Cn2cc([N+](=O)[O-])cn2)nc2ccccc12. The van der Waals surface area contributed by atoms with Crippen LogP contribution in [0.5, 0.6) is 0 Å². The van der Waals surface area contributed by atoms with E-state index in [1.165, 1.54) is 10.9 Å². The summed E-state index contributed by atoms with van der Waals surface area (Å²) in [5.41, 5.74) is 0.230. The summed E-state index contributed by atoms with van der Waals surface area (Å²) in [5, 5.41) is 14.9. The maximum absolute atomic E-state index is 11.9. The van der Waals surface area contributed by atoms with Gasteiger partial charge in [-0.05, 0) is 12.1 Å². The van der Waals surface area contributed by atoms with Crippen LogP contribution in [-0.2, 0) is 6.54 Å². The van der Waals surface area contributed by atoms with E-state index in [1.807, 2.05) is 0 Å². The fourth-order valence-corrected chi connectivity index (χ4v) is 1.90. The molecule has 100 valence electrons. The highest BCUT2D eigenvalue weighted by Crippen LogP contribution is 2.10. The summed E-state index contributed by atoms with van der Waals surface area (Å²) < 4.78 is 1.35. The maximum Gasteiger partial charge on any atom is 0.307 e. The molecule has 1 N–H and O–H groups in total. The molecule has 0 spiro atoms. The van der Waals surface area contributed by atoms with Crippen LogP contribution in [0.3, 0.4) is 0 Å². The molecule has 0 amide bonds. The lowest BCUT2D eigenvalue weighted by atomic mass is 10.2. The zero-order chi connectivity index (χ0) is 14.1. The number of fused-ring (bicyclic) bond motifs is 1. The second kappa shape index (κ2) is 4.57. The predicted molar refractivity (Wildman–Crippen MR) is 70.3 cm³/mol. The van der Waals surface area contributed by atoms with Crippen molar-refractivity contribution in [2.24, 2.45) is 0 Å². The lowest BCUT2D eigenvalue weighted by Crippen LogP contribution is -2.14. The molecule has 3 rings (SSSR count). The molecular formula is C12H9N5O3. The van der Waals surface area contributed by atoms with Crippen molar-refractivity contribution in [3.63, 3.8) is 0 Å². The van der Waals surface area contributed by atoms with Crippen molar-refractivity contribution in [2.75, 3.05) is 0 Å². The molecule has 2 aromatic heterocycles. The van der Waals surface area contributed by atoms with Gasteiger partial charge in [-0.15, -0.1) is 0 Å².